The summed E-state index contributed by atoms with van der Waals surface area (Å²) in [5.41, 5.74) is 0.675. The number of carbonyl (C=O) groups excluding carboxylic acids is 1. The summed E-state index contributed by atoms with van der Waals surface area (Å²) in [4.78, 5) is 12.2. The fourth-order valence-corrected chi connectivity index (χ4v) is 2.14. The predicted octanol–water partition coefficient (Wildman–Crippen LogP) is 4.16. The molecule has 0 bridgehead atoms. The van der Waals surface area contributed by atoms with E-state index in [2.05, 4.69) is 5.32 Å². The molecule has 134 valence electrons. The summed E-state index contributed by atoms with van der Waals surface area (Å²) in [6.07, 6.45) is -0.636. The molecule has 1 amide bonds. The molecule has 1 N–H and O–H groups in total. The van der Waals surface area contributed by atoms with Crippen LogP contribution in [0.3, 0.4) is 0 Å². The first-order valence-corrected chi connectivity index (χ1v) is 8.50. The third-order valence-corrected chi connectivity index (χ3v) is 3.57. The number of benzene rings is 2. The molecule has 0 aliphatic rings. The second kappa shape index (κ2) is 9.91. The third kappa shape index (κ3) is 6.64. The van der Waals surface area contributed by atoms with Crippen LogP contribution in [0.1, 0.15) is 13.8 Å². The average Bonchev–Trinajstić information content (AvgIpc) is 2.62. The summed E-state index contributed by atoms with van der Waals surface area (Å²) < 4.78 is 16.3. The van der Waals surface area contributed by atoms with Gasteiger partial charge in [0.15, 0.2) is 6.10 Å². The van der Waals surface area contributed by atoms with Crippen LogP contribution in [-0.4, -0.2) is 31.8 Å². The molecule has 0 saturated carbocycles. The Balaban J connectivity index is 1.81. The van der Waals surface area contributed by atoms with Crippen molar-refractivity contribution in [2.45, 2.75) is 20.0 Å². The van der Waals surface area contributed by atoms with Crippen molar-refractivity contribution in [3.05, 3.63) is 53.6 Å². The molecule has 5 nitrogen and oxygen atoms in total. The van der Waals surface area contributed by atoms with Crippen LogP contribution in [0.4, 0.5) is 5.69 Å². The minimum Gasteiger partial charge on any atom is -0.491 e. The van der Waals surface area contributed by atoms with Gasteiger partial charge in [0.25, 0.3) is 5.91 Å². The van der Waals surface area contributed by atoms with E-state index in [1.54, 1.807) is 55.5 Å². The Labute approximate surface area is 152 Å². The molecule has 2 aromatic rings. The summed E-state index contributed by atoms with van der Waals surface area (Å²) in [6, 6.07) is 14.0. The Morgan fingerprint density at radius 3 is 2.32 bits per heavy atom. The van der Waals surface area contributed by atoms with E-state index < -0.39 is 6.10 Å². The molecule has 0 saturated heterocycles. The number of rotatable bonds is 9. The van der Waals surface area contributed by atoms with Crippen molar-refractivity contribution >= 4 is 23.2 Å². The maximum absolute atomic E-state index is 12.2. The molecular formula is C19H22ClNO4. The highest BCUT2D eigenvalue weighted by molar-refractivity contribution is 6.30. The number of hydrogen-bond donors (Lipinski definition) is 1. The molecule has 2 aromatic carbocycles. The highest BCUT2D eigenvalue weighted by Gasteiger charge is 2.14. The van der Waals surface area contributed by atoms with E-state index in [0.717, 1.165) is 5.75 Å². The van der Waals surface area contributed by atoms with Gasteiger partial charge in [0.2, 0.25) is 0 Å². The first-order chi connectivity index (χ1) is 12.1. The summed E-state index contributed by atoms with van der Waals surface area (Å²) in [6.45, 7) is 5.34. The van der Waals surface area contributed by atoms with Gasteiger partial charge < -0.3 is 19.5 Å². The SMILES string of the molecule is CCOCCOc1ccc(NC(=O)C(C)Oc2ccc(Cl)cc2)cc1. The zero-order chi connectivity index (χ0) is 18.1. The number of halogens is 1. The standard InChI is InChI=1S/C19H22ClNO4/c1-3-23-12-13-24-17-10-6-16(7-11-17)21-19(22)14(2)25-18-8-4-15(20)5-9-18/h4-11,14H,3,12-13H2,1-2H3,(H,21,22). The Bertz CT molecular complexity index is 658. The van der Waals surface area contributed by atoms with Gasteiger partial charge in [-0.25, -0.2) is 0 Å². The van der Waals surface area contributed by atoms with Crippen LogP contribution in [0.2, 0.25) is 5.02 Å². The Kier molecular flexibility index (Phi) is 7.57. The molecule has 1 atom stereocenters. The Morgan fingerprint density at radius 1 is 1.04 bits per heavy atom. The zero-order valence-corrected chi connectivity index (χ0v) is 15.1. The highest BCUT2D eigenvalue weighted by atomic mass is 35.5. The summed E-state index contributed by atoms with van der Waals surface area (Å²) in [5, 5.41) is 3.43. The lowest BCUT2D eigenvalue weighted by Crippen LogP contribution is -2.30. The van der Waals surface area contributed by atoms with Crippen LogP contribution in [0.15, 0.2) is 48.5 Å². The van der Waals surface area contributed by atoms with Crippen LogP contribution in [-0.2, 0) is 9.53 Å². The molecule has 1 unspecified atom stereocenters. The third-order valence-electron chi connectivity index (χ3n) is 3.32. The van der Waals surface area contributed by atoms with Crippen LogP contribution in [0.5, 0.6) is 11.5 Å². The van der Waals surface area contributed by atoms with Gasteiger partial charge in [-0.2, -0.15) is 0 Å². The van der Waals surface area contributed by atoms with Crippen molar-refractivity contribution in [2.24, 2.45) is 0 Å². The minimum absolute atomic E-state index is 0.236. The van der Waals surface area contributed by atoms with Crippen LogP contribution < -0.4 is 14.8 Å². The second-order valence-electron chi connectivity index (χ2n) is 5.27. The molecule has 0 aliphatic heterocycles. The summed E-state index contributed by atoms with van der Waals surface area (Å²) in [7, 11) is 0. The highest BCUT2D eigenvalue weighted by Crippen LogP contribution is 2.18. The van der Waals surface area contributed by atoms with Crippen molar-refractivity contribution in [3.63, 3.8) is 0 Å². The molecule has 0 aliphatic carbocycles. The molecule has 2 rings (SSSR count). The van der Waals surface area contributed by atoms with Crippen LogP contribution >= 0.6 is 11.6 Å². The number of carbonyl (C=O) groups is 1. The first kappa shape index (κ1) is 19.1. The smallest absolute Gasteiger partial charge is 0.265 e. The second-order valence-corrected chi connectivity index (χ2v) is 5.71. The van der Waals surface area contributed by atoms with Gasteiger partial charge in [-0.3, -0.25) is 4.79 Å². The molecule has 0 spiro atoms. The Morgan fingerprint density at radius 2 is 1.68 bits per heavy atom. The maximum Gasteiger partial charge on any atom is 0.265 e. The normalized spacial score (nSPS) is 11.6. The van der Waals surface area contributed by atoms with Gasteiger partial charge in [-0.15, -0.1) is 0 Å². The lowest BCUT2D eigenvalue weighted by molar-refractivity contribution is -0.122. The van der Waals surface area contributed by atoms with Crippen molar-refractivity contribution in [3.8, 4) is 11.5 Å². The van der Waals surface area contributed by atoms with E-state index >= 15 is 0 Å². The number of anilines is 1. The van der Waals surface area contributed by atoms with Crippen molar-refractivity contribution in [2.75, 3.05) is 25.1 Å². The number of amides is 1. The first-order valence-electron chi connectivity index (χ1n) is 8.12. The lowest BCUT2D eigenvalue weighted by Gasteiger charge is -2.15. The zero-order valence-electron chi connectivity index (χ0n) is 14.3. The average molecular weight is 364 g/mol. The predicted molar refractivity (Wildman–Crippen MR) is 98.6 cm³/mol. The summed E-state index contributed by atoms with van der Waals surface area (Å²) >= 11 is 5.83. The fraction of sp³-hybridized carbons (Fsp3) is 0.316. The van der Waals surface area contributed by atoms with E-state index in [1.165, 1.54) is 0 Å². The van der Waals surface area contributed by atoms with Gasteiger partial charge in [0, 0.05) is 17.3 Å². The maximum atomic E-state index is 12.2. The van der Waals surface area contributed by atoms with E-state index in [0.29, 0.717) is 36.3 Å². The lowest BCUT2D eigenvalue weighted by atomic mass is 10.2. The van der Waals surface area contributed by atoms with E-state index in [4.69, 9.17) is 25.8 Å². The molecule has 6 heteroatoms. The molecular weight excluding hydrogens is 342 g/mol. The minimum atomic E-state index is -0.636. The van der Waals surface area contributed by atoms with Crippen LogP contribution in [0.25, 0.3) is 0 Å². The number of hydrogen-bond acceptors (Lipinski definition) is 4. The molecule has 0 radical (unpaired) electrons. The van der Waals surface area contributed by atoms with E-state index in [-0.39, 0.29) is 5.91 Å². The topological polar surface area (TPSA) is 56.8 Å². The Hall–Kier alpha value is -2.24. The van der Waals surface area contributed by atoms with Crippen molar-refractivity contribution < 1.29 is 19.0 Å². The van der Waals surface area contributed by atoms with Gasteiger partial charge in [-0.1, -0.05) is 11.6 Å². The number of nitrogens with one attached hydrogen (secondary N) is 1. The van der Waals surface area contributed by atoms with E-state index in [9.17, 15) is 4.79 Å². The largest absolute Gasteiger partial charge is 0.491 e. The van der Waals surface area contributed by atoms with E-state index in [1.807, 2.05) is 6.92 Å². The summed E-state index contributed by atoms with van der Waals surface area (Å²) in [5.74, 6) is 1.08. The molecule has 0 fully saturated rings. The molecule has 0 heterocycles. The van der Waals surface area contributed by atoms with Crippen molar-refractivity contribution in [1.82, 2.24) is 0 Å². The van der Waals surface area contributed by atoms with Gasteiger partial charge in [0.1, 0.15) is 18.1 Å². The van der Waals surface area contributed by atoms with Crippen molar-refractivity contribution in [1.29, 1.82) is 0 Å². The quantitative estimate of drug-likeness (QED) is 0.679. The van der Waals surface area contributed by atoms with Gasteiger partial charge in [-0.05, 0) is 62.4 Å². The number of ether oxygens (including phenoxy) is 3. The van der Waals surface area contributed by atoms with Gasteiger partial charge in [0.05, 0.1) is 6.61 Å². The molecule has 0 aromatic heterocycles. The fourth-order valence-electron chi connectivity index (χ4n) is 2.01. The van der Waals surface area contributed by atoms with Crippen LogP contribution in [0, 0.1) is 0 Å². The molecule has 25 heavy (non-hydrogen) atoms. The van der Waals surface area contributed by atoms with Gasteiger partial charge >= 0.3 is 0 Å². The monoisotopic (exact) mass is 363 g/mol.